The van der Waals surface area contributed by atoms with E-state index < -0.39 is 6.36 Å². The number of ether oxygens (including phenoxy) is 1. The Kier molecular flexibility index (Phi) is 4.12. The van der Waals surface area contributed by atoms with Crippen molar-refractivity contribution in [1.29, 1.82) is 0 Å². The highest BCUT2D eigenvalue weighted by Crippen LogP contribution is 2.28. The van der Waals surface area contributed by atoms with E-state index in [4.69, 9.17) is 0 Å². The van der Waals surface area contributed by atoms with Gasteiger partial charge in [-0.15, -0.1) is 13.2 Å². The first kappa shape index (κ1) is 12.8. The van der Waals surface area contributed by atoms with Gasteiger partial charge in [0.1, 0.15) is 11.5 Å². The molecule has 2 nitrogen and oxygen atoms in total. The zero-order chi connectivity index (χ0) is 12.2. The Bertz CT molecular complexity index is 388. The number of aromatic hydroxyl groups is 1. The van der Waals surface area contributed by atoms with Gasteiger partial charge in [0.05, 0.1) is 0 Å². The van der Waals surface area contributed by atoms with Crippen molar-refractivity contribution in [3.63, 3.8) is 0 Å². The van der Waals surface area contributed by atoms with Crippen LogP contribution in [0.1, 0.15) is 5.56 Å². The summed E-state index contributed by atoms with van der Waals surface area (Å²) >= 11 is 3.90. The van der Waals surface area contributed by atoms with Crippen LogP contribution in [-0.2, 0) is 0 Å². The Labute approximate surface area is 95.8 Å². The second-order valence-corrected chi connectivity index (χ2v) is 3.22. The second-order valence-electron chi connectivity index (χ2n) is 2.85. The summed E-state index contributed by atoms with van der Waals surface area (Å²) in [5.74, 6) is -0.0688. The van der Waals surface area contributed by atoms with Crippen LogP contribution in [0.5, 0.6) is 11.5 Å². The number of rotatable bonds is 3. The van der Waals surface area contributed by atoms with E-state index >= 15 is 0 Å². The maximum absolute atomic E-state index is 11.9. The van der Waals surface area contributed by atoms with Crippen molar-refractivity contribution in [1.82, 2.24) is 0 Å². The minimum absolute atomic E-state index is 0.118. The maximum atomic E-state index is 11.9. The van der Waals surface area contributed by atoms with Gasteiger partial charge in [-0.25, -0.2) is 0 Å². The molecule has 0 heterocycles. The molecule has 0 fully saturated rings. The number of hydrogen-bond acceptors (Lipinski definition) is 3. The molecular formula is C10H9F3O2S. The van der Waals surface area contributed by atoms with Gasteiger partial charge in [-0.1, -0.05) is 12.2 Å². The van der Waals surface area contributed by atoms with Crippen molar-refractivity contribution in [3.05, 3.63) is 29.8 Å². The molecule has 0 aliphatic carbocycles. The normalized spacial score (nSPS) is 12.0. The lowest BCUT2D eigenvalue weighted by molar-refractivity contribution is -0.274. The topological polar surface area (TPSA) is 29.5 Å². The number of halogens is 3. The highest BCUT2D eigenvalue weighted by atomic mass is 32.1. The van der Waals surface area contributed by atoms with Crippen LogP contribution in [0, 0.1) is 0 Å². The molecule has 0 atom stereocenters. The zero-order valence-electron chi connectivity index (χ0n) is 8.03. The van der Waals surface area contributed by atoms with Gasteiger partial charge in [-0.3, -0.25) is 0 Å². The summed E-state index contributed by atoms with van der Waals surface area (Å²) in [5.41, 5.74) is 0.246. The molecule has 0 aliphatic heterocycles. The number of phenolic OH excluding ortho intramolecular Hbond substituents is 1. The fourth-order valence-electron chi connectivity index (χ4n) is 1.04. The first-order chi connectivity index (χ1) is 7.42. The van der Waals surface area contributed by atoms with Gasteiger partial charge in [0.2, 0.25) is 0 Å². The average Bonchev–Trinajstić information content (AvgIpc) is 2.17. The summed E-state index contributed by atoms with van der Waals surface area (Å²) in [6.45, 7) is 0. The van der Waals surface area contributed by atoms with E-state index in [9.17, 15) is 18.3 Å². The molecule has 0 saturated heterocycles. The fourth-order valence-corrected chi connectivity index (χ4v) is 1.15. The minimum atomic E-state index is -4.73. The lowest BCUT2D eigenvalue weighted by Crippen LogP contribution is -2.17. The standard InChI is InChI=1S/C10H9F3O2S/c11-10(12,13)15-8-3-4-9(14)7(6-8)2-1-5-16/h1-4,6,14,16H,5H2. The molecule has 0 bridgehead atoms. The van der Waals surface area contributed by atoms with E-state index in [0.717, 1.165) is 18.2 Å². The van der Waals surface area contributed by atoms with Crippen LogP contribution in [0.15, 0.2) is 24.3 Å². The van der Waals surface area contributed by atoms with E-state index in [1.807, 2.05) is 0 Å². The Hall–Kier alpha value is -1.30. The number of thiol groups is 1. The van der Waals surface area contributed by atoms with E-state index in [1.54, 1.807) is 6.08 Å². The smallest absolute Gasteiger partial charge is 0.507 e. The lowest BCUT2D eigenvalue weighted by Gasteiger charge is -2.09. The highest BCUT2D eigenvalue weighted by molar-refractivity contribution is 7.80. The van der Waals surface area contributed by atoms with Crippen molar-refractivity contribution in [2.45, 2.75) is 6.36 Å². The van der Waals surface area contributed by atoms with E-state index in [2.05, 4.69) is 17.4 Å². The van der Waals surface area contributed by atoms with Crippen LogP contribution >= 0.6 is 12.6 Å². The Morgan fingerprint density at radius 3 is 2.62 bits per heavy atom. The van der Waals surface area contributed by atoms with E-state index in [1.165, 1.54) is 6.08 Å². The largest absolute Gasteiger partial charge is 0.573 e. The van der Waals surface area contributed by atoms with Gasteiger partial charge in [0.25, 0.3) is 0 Å². The number of alkyl halides is 3. The molecule has 6 heteroatoms. The molecular weight excluding hydrogens is 241 g/mol. The number of hydrogen-bond donors (Lipinski definition) is 2. The first-order valence-electron chi connectivity index (χ1n) is 4.28. The Balaban J connectivity index is 2.94. The molecule has 88 valence electrons. The molecule has 0 unspecified atom stereocenters. The molecule has 0 spiro atoms. The van der Waals surface area contributed by atoms with Gasteiger partial charge in [-0.05, 0) is 18.2 Å². The van der Waals surface area contributed by atoms with Gasteiger partial charge in [0.15, 0.2) is 0 Å². The first-order valence-corrected chi connectivity index (χ1v) is 4.92. The summed E-state index contributed by atoms with van der Waals surface area (Å²) in [7, 11) is 0. The molecule has 0 aromatic heterocycles. The minimum Gasteiger partial charge on any atom is -0.507 e. The molecule has 0 aliphatic rings. The van der Waals surface area contributed by atoms with Crippen LogP contribution in [0.25, 0.3) is 6.08 Å². The summed E-state index contributed by atoms with van der Waals surface area (Å²) in [6, 6.07) is 3.28. The van der Waals surface area contributed by atoms with Gasteiger partial charge < -0.3 is 9.84 Å². The predicted molar refractivity (Wildman–Crippen MR) is 57.7 cm³/mol. The average molecular weight is 250 g/mol. The quantitative estimate of drug-likeness (QED) is 0.806. The summed E-state index contributed by atoms with van der Waals surface area (Å²) in [4.78, 5) is 0. The van der Waals surface area contributed by atoms with E-state index in [-0.39, 0.29) is 17.1 Å². The van der Waals surface area contributed by atoms with E-state index in [0.29, 0.717) is 5.75 Å². The molecule has 1 aromatic carbocycles. The lowest BCUT2D eigenvalue weighted by atomic mass is 10.2. The monoisotopic (exact) mass is 250 g/mol. The summed E-state index contributed by atoms with van der Waals surface area (Å²) < 4.78 is 39.4. The fraction of sp³-hybridized carbons (Fsp3) is 0.200. The molecule has 0 radical (unpaired) electrons. The third kappa shape index (κ3) is 4.06. The van der Waals surface area contributed by atoms with Crippen molar-refractivity contribution >= 4 is 18.7 Å². The van der Waals surface area contributed by atoms with Crippen LogP contribution in [0.3, 0.4) is 0 Å². The molecule has 16 heavy (non-hydrogen) atoms. The van der Waals surface area contributed by atoms with Crippen LogP contribution in [0.2, 0.25) is 0 Å². The van der Waals surface area contributed by atoms with Gasteiger partial charge in [-0.2, -0.15) is 12.6 Å². The number of benzene rings is 1. The SMILES string of the molecule is Oc1ccc(OC(F)(F)F)cc1C=CCS. The zero-order valence-corrected chi connectivity index (χ0v) is 8.92. The summed E-state index contributed by atoms with van der Waals surface area (Å²) in [6.07, 6.45) is -1.68. The molecule has 1 N–H and O–H groups in total. The Morgan fingerprint density at radius 1 is 1.38 bits per heavy atom. The molecule has 0 saturated carbocycles. The van der Waals surface area contributed by atoms with Gasteiger partial charge in [0, 0.05) is 11.3 Å². The highest BCUT2D eigenvalue weighted by Gasteiger charge is 2.31. The van der Waals surface area contributed by atoms with Crippen LogP contribution in [-0.4, -0.2) is 17.2 Å². The molecule has 0 amide bonds. The maximum Gasteiger partial charge on any atom is 0.573 e. The molecule has 1 aromatic rings. The van der Waals surface area contributed by atoms with Crippen molar-refractivity contribution in [2.24, 2.45) is 0 Å². The van der Waals surface area contributed by atoms with Crippen molar-refractivity contribution < 1.29 is 23.0 Å². The molecule has 1 rings (SSSR count). The third-order valence-electron chi connectivity index (χ3n) is 1.64. The van der Waals surface area contributed by atoms with Crippen LogP contribution < -0.4 is 4.74 Å². The Morgan fingerprint density at radius 2 is 2.06 bits per heavy atom. The second kappa shape index (κ2) is 5.16. The van der Waals surface area contributed by atoms with Crippen molar-refractivity contribution in [2.75, 3.05) is 5.75 Å². The van der Waals surface area contributed by atoms with Crippen molar-refractivity contribution in [3.8, 4) is 11.5 Å². The van der Waals surface area contributed by atoms with Gasteiger partial charge >= 0.3 is 6.36 Å². The predicted octanol–water partition coefficient (Wildman–Crippen LogP) is 3.23. The summed E-state index contributed by atoms with van der Waals surface area (Å²) in [5, 5.41) is 9.35. The third-order valence-corrected chi connectivity index (χ3v) is 1.85. The van der Waals surface area contributed by atoms with Crippen LogP contribution in [0.4, 0.5) is 13.2 Å². The number of phenols is 1.